The molecule has 3 aromatic rings. The predicted octanol–water partition coefficient (Wildman–Crippen LogP) is 4.67. The Bertz CT molecular complexity index is 1120. The zero-order valence-corrected chi connectivity index (χ0v) is 19.9. The van der Waals surface area contributed by atoms with E-state index >= 15 is 0 Å². The Morgan fingerprint density at radius 1 is 1.29 bits per heavy atom. The first-order valence-electron chi connectivity index (χ1n) is 9.70. The molecule has 1 aliphatic rings. The lowest BCUT2D eigenvalue weighted by Crippen LogP contribution is -2.47. The molecule has 31 heavy (non-hydrogen) atoms. The predicted molar refractivity (Wildman–Crippen MR) is 128 cm³/mol. The van der Waals surface area contributed by atoms with Crippen molar-refractivity contribution in [1.29, 1.82) is 0 Å². The maximum absolute atomic E-state index is 10.9. The van der Waals surface area contributed by atoms with E-state index < -0.39 is 6.09 Å². The highest BCUT2D eigenvalue weighted by Crippen LogP contribution is 2.38. The van der Waals surface area contributed by atoms with Crippen LogP contribution in [0.1, 0.15) is 12.8 Å². The molecule has 1 aliphatic heterocycles. The van der Waals surface area contributed by atoms with Gasteiger partial charge < -0.3 is 29.2 Å². The van der Waals surface area contributed by atoms with Gasteiger partial charge in [0, 0.05) is 48.4 Å². The van der Waals surface area contributed by atoms with Crippen molar-refractivity contribution in [1.82, 2.24) is 14.7 Å². The molecule has 0 aliphatic carbocycles. The van der Waals surface area contributed by atoms with E-state index in [-0.39, 0.29) is 10.1 Å². The summed E-state index contributed by atoms with van der Waals surface area (Å²) in [5, 5.41) is 12.1. The van der Waals surface area contributed by atoms with Gasteiger partial charge in [0.15, 0.2) is 0 Å². The Balaban J connectivity index is 1.63. The summed E-state index contributed by atoms with van der Waals surface area (Å²) in [6.45, 7) is 0.768. The summed E-state index contributed by atoms with van der Waals surface area (Å²) in [7, 11) is 3.16. The van der Waals surface area contributed by atoms with Crippen LogP contribution in [0.3, 0.4) is 0 Å². The fraction of sp³-hybridized carbons (Fsp3) is 0.333. The van der Waals surface area contributed by atoms with Crippen LogP contribution in [0.4, 0.5) is 10.5 Å². The molecule has 164 valence electrons. The van der Waals surface area contributed by atoms with Crippen LogP contribution in [0.5, 0.6) is 11.5 Å². The van der Waals surface area contributed by atoms with Crippen molar-refractivity contribution in [2.24, 2.45) is 0 Å². The number of rotatable bonds is 5. The topological polar surface area (TPSA) is 88.3 Å². The van der Waals surface area contributed by atoms with Crippen LogP contribution in [0, 0.1) is 0 Å². The first-order chi connectivity index (χ1) is 14.9. The number of alkyl halides is 1. The van der Waals surface area contributed by atoms with Gasteiger partial charge in [-0.15, -0.1) is 0 Å². The third kappa shape index (κ3) is 4.47. The number of hydrogen-bond acceptors (Lipinski definition) is 5. The number of nitrogens with one attached hydrogen (secondary N) is 1. The molecule has 3 heterocycles. The van der Waals surface area contributed by atoms with Crippen LogP contribution in [-0.4, -0.2) is 51.4 Å². The second-order valence-electron chi connectivity index (χ2n) is 7.26. The molecule has 8 nitrogen and oxygen atoms in total. The van der Waals surface area contributed by atoms with Gasteiger partial charge in [0.2, 0.25) is 0 Å². The summed E-state index contributed by atoms with van der Waals surface area (Å²) in [5.41, 5.74) is 3.38. The average molecular weight is 557 g/mol. The van der Waals surface area contributed by atoms with Crippen molar-refractivity contribution < 1.29 is 19.4 Å². The number of piperidine rings is 1. The highest BCUT2D eigenvalue weighted by molar-refractivity contribution is 14.1. The van der Waals surface area contributed by atoms with E-state index in [1.807, 2.05) is 28.9 Å². The number of benzene rings is 1. The largest absolute Gasteiger partial charge is 0.496 e. The zero-order valence-electron chi connectivity index (χ0n) is 17.0. The lowest BCUT2D eigenvalue weighted by Gasteiger charge is -2.38. The molecule has 4 rings (SSSR count). The number of hydrogen-bond donors (Lipinski definition) is 2. The number of imidazole rings is 1. The number of methoxy groups -OCH3 is 2. The maximum atomic E-state index is 10.9. The summed E-state index contributed by atoms with van der Waals surface area (Å²) < 4.78 is 12.9. The van der Waals surface area contributed by atoms with Crippen LogP contribution in [-0.2, 0) is 0 Å². The van der Waals surface area contributed by atoms with Crippen LogP contribution in [0.2, 0.25) is 5.02 Å². The molecule has 2 atom stereocenters. The minimum atomic E-state index is -0.970. The second kappa shape index (κ2) is 8.99. The van der Waals surface area contributed by atoms with E-state index in [0.717, 1.165) is 42.0 Å². The minimum absolute atomic E-state index is 0.0234. The maximum Gasteiger partial charge on any atom is 0.404 e. The van der Waals surface area contributed by atoms with Crippen LogP contribution in [0.25, 0.3) is 16.9 Å². The molecule has 0 bridgehead atoms. The summed E-state index contributed by atoms with van der Waals surface area (Å²) in [6.07, 6.45) is 4.45. The van der Waals surface area contributed by atoms with Crippen molar-refractivity contribution in [3.8, 4) is 22.8 Å². The van der Waals surface area contributed by atoms with Crippen molar-refractivity contribution in [3.63, 3.8) is 0 Å². The van der Waals surface area contributed by atoms with Crippen molar-refractivity contribution >= 4 is 51.6 Å². The fourth-order valence-corrected chi connectivity index (χ4v) is 5.31. The lowest BCUT2D eigenvalue weighted by molar-refractivity contribution is 0.187. The van der Waals surface area contributed by atoms with Gasteiger partial charge in [-0.25, -0.2) is 9.78 Å². The van der Waals surface area contributed by atoms with Gasteiger partial charge in [-0.1, -0.05) is 34.2 Å². The zero-order chi connectivity index (χ0) is 22.1. The third-order valence-corrected chi connectivity index (χ3v) is 6.86. The molecule has 1 amide bonds. The van der Waals surface area contributed by atoms with Gasteiger partial charge in [-0.3, -0.25) is 0 Å². The minimum Gasteiger partial charge on any atom is -0.496 e. The average Bonchev–Trinajstić information content (AvgIpc) is 3.16. The quantitative estimate of drug-likeness (QED) is 0.270. The Kier molecular flexibility index (Phi) is 6.33. The number of pyridine rings is 1. The SMILES string of the molecule is COc1cc(OC)c(-c2cn3ccc(N4CCC(NC(=O)O)CC4I)cc3n2)cc1Cl. The molecule has 2 N–H and O–H groups in total. The van der Waals surface area contributed by atoms with Crippen molar-refractivity contribution in [2.75, 3.05) is 25.7 Å². The van der Waals surface area contributed by atoms with Gasteiger partial charge in [-0.2, -0.15) is 0 Å². The van der Waals surface area contributed by atoms with Gasteiger partial charge in [0.25, 0.3) is 0 Å². The molecule has 0 saturated carbocycles. The Labute approximate surface area is 198 Å². The standard InChI is InChI=1S/C21H22ClIN4O4/c1-30-17-10-18(31-2)15(22)9-14(17)16-11-26-5-4-13(8-20(26)25-16)27-6-3-12(7-19(27)23)24-21(28)29/h4-5,8-12,19,24H,3,6-7H2,1-2H3,(H,28,29). The smallest absolute Gasteiger partial charge is 0.404 e. The second-order valence-corrected chi connectivity index (χ2v) is 9.11. The highest BCUT2D eigenvalue weighted by atomic mass is 127. The van der Waals surface area contributed by atoms with Crippen molar-refractivity contribution in [3.05, 3.63) is 41.7 Å². The van der Waals surface area contributed by atoms with Gasteiger partial charge in [0.05, 0.1) is 29.0 Å². The van der Waals surface area contributed by atoms with Gasteiger partial charge in [-0.05, 0) is 25.0 Å². The van der Waals surface area contributed by atoms with Crippen LogP contribution >= 0.6 is 34.2 Å². The summed E-state index contributed by atoms with van der Waals surface area (Å²) in [4.78, 5) is 18.0. The van der Waals surface area contributed by atoms with E-state index in [2.05, 4.69) is 32.8 Å². The van der Waals surface area contributed by atoms with E-state index in [1.165, 1.54) is 0 Å². The fourth-order valence-electron chi connectivity index (χ4n) is 3.85. The number of aromatic nitrogens is 2. The number of ether oxygens (including phenoxy) is 2. The molecule has 1 fully saturated rings. The molecular formula is C21H22ClIN4O4. The monoisotopic (exact) mass is 556 g/mol. The third-order valence-electron chi connectivity index (χ3n) is 5.39. The van der Waals surface area contributed by atoms with E-state index in [0.29, 0.717) is 16.5 Å². The number of fused-ring (bicyclic) bond motifs is 1. The Morgan fingerprint density at radius 3 is 2.74 bits per heavy atom. The highest BCUT2D eigenvalue weighted by Gasteiger charge is 2.28. The molecule has 10 heteroatoms. The van der Waals surface area contributed by atoms with E-state index in [9.17, 15) is 4.79 Å². The molecule has 2 aromatic heterocycles. The molecule has 2 unspecified atom stereocenters. The lowest BCUT2D eigenvalue weighted by atomic mass is 10.0. The Morgan fingerprint density at radius 2 is 2.06 bits per heavy atom. The van der Waals surface area contributed by atoms with Crippen molar-refractivity contribution in [2.45, 2.75) is 22.9 Å². The number of carboxylic acid groups (broad SMARTS) is 1. The first kappa shape index (κ1) is 21.8. The molecule has 1 saturated heterocycles. The summed E-state index contributed by atoms with van der Waals surface area (Å²) in [6, 6.07) is 7.61. The number of amides is 1. The molecule has 0 spiro atoms. The summed E-state index contributed by atoms with van der Waals surface area (Å²) >= 11 is 8.69. The Hall–Kier alpha value is -2.40. The normalized spacial score (nSPS) is 18.8. The molecular weight excluding hydrogens is 535 g/mol. The van der Waals surface area contributed by atoms with E-state index in [1.54, 1.807) is 26.4 Å². The van der Waals surface area contributed by atoms with Gasteiger partial charge >= 0.3 is 6.09 Å². The van der Waals surface area contributed by atoms with E-state index in [4.69, 9.17) is 31.2 Å². The van der Waals surface area contributed by atoms with Gasteiger partial charge in [0.1, 0.15) is 17.1 Å². The van der Waals surface area contributed by atoms with Crippen LogP contribution < -0.4 is 19.7 Å². The number of halogens is 2. The number of anilines is 1. The number of nitrogens with zero attached hydrogens (tertiary/aromatic N) is 3. The first-order valence-corrected chi connectivity index (χ1v) is 11.3. The molecule has 0 radical (unpaired) electrons. The summed E-state index contributed by atoms with van der Waals surface area (Å²) in [5.74, 6) is 1.17. The van der Waals surface area contributed by atoms with Crippen LogP contribution in [0.15, 0.2) is 36.7 Å². The number of carbonyl (C=O) groups is 1. The molecule has 1 aromatic carbocycles.